The molecule has 0 fully saturated rings. The smallest absolute Gasteiger partial charge is 0.198 e. The Hall–Kier alpha value is -1.81. The molecule has 2 aromatic rings. The second-order valence-electron chi connectivity index (χ2n) is 4.21. The highest BCUT2D eigenvalue weighted by Gasteiger charge is 2.08. The van der Waals surface area contributed by atoms with E-state index < -0.39 is 0 Å². The number of rotatable bonds is 4. The second kappa shape index (κ2) is 5.01. The van der Waals surface area contributed by atoms with E-state index >= 15 is 0 Å². The molecule has 1 aromatic carbocycles. The van der Waals surface area contributed by atoms with E-state index in [2.05, 4.69) is 4.98 Å². The molecule has 1 heterocycles. The first-order valence-corrected chi connectivity index (χ1v) is 5.61. The average Bonchev–Trinajstić information content (AvgIpc) is 2.68. The number of phenolic OH excluding ortho intramolecular Hbond substituents is 1. The predicted molar refractivity (Wildman–Crippen MR) is 64.8 cm³/mol. The first-order valence-electron chi connectivity index (χ1n) is 5.61. The molecule has 4 nitrogen and oxygen atoms in total. The normalized spacial score (nSPS) is 12.6. The molecule has 4 heteroatoms. The molecule has 1 aromatic heterocycles. The molecule has 1 atom stereocenters. The fourth-order valence-electron chi connectivity index (χ4n) is 1.66. The summed E-state index contributed by atoms with van der Waals surface area (Å²) in [6.45, 7) is 1.92. The fourth-order valence-corrected chi connectivity index (χ4v) is 1.66. The highest BCUT2D eigenvalue weighted by molar-refractivity contribution is 5.33. The Morgan fingerprint density at radius 1 is 1.41 bits per heavy atom. The van der Waals surface area contributed by atoms with Gasteiger partial charge in [0.2, 0.25) is 0 Å². The van der Waals surface area contributed by atoms with Crippen LogP contribution >= 0.6 is 0 Å². The van der Waals surface area contributed by atoms with Gasteiger partial charge in [0.15, 0.2) is 5.89 Å². The monoisotopic (exact) mass is 232 g/mol. The Labute approximate surface area is 100 Å². The third kappa shape index (κ3) is 3.07. The van der Waals surface area contributed by atoms with Crippen molar-refractivity contribution in [3.05, 3.63) is 47.7 Å². The molecule has 3 N–H and O–H groups in total. The molecule has 17 heavy (non-hydrogen) atoms. The maximum Gasteiger partial charge on any atom is 0.198 e. The maximum atomic E-state index is 9.63. The summed E-state index contributed by atoms with van der Waals surface area (Å²) in [5, 5.41) is 9.63. The molecule has 0 aliphatic carbocycles. The number of aromatic hydroxyl groups is 1. The van der Waals surface area contributed by atoms with Gasteiger partial charge in [0.05, 0.1) is 12.6 Å². The first-order chi connectivity index (χ1) is 8.15. The van der Waals surface area contributed by atoms with E-state index in [1.807, 2.05) is 19.1 Å². The van der Waals surface area contributed by atoms with Crippen LogP contribution in [-0.2, 0) is 12.8 Å². The lowest BCUT2D eigenvalue weighted by Gasteiger charge is -2.01. The zero-order valence-electron chi connectivity index (χ0n) is 9.76. The average molecular weight is 232 g/mol. The predicted octanol–water partition coefficient (Wildman–Crippen LogP) is 1.86. The highest BCUT2D eigenvalue weighted by Crippen LogP contribution is 2.19. The van der Waals surface area contributed by atoms with Crippen LogP contribution in [0.25, 0.3) is 0 Å². The quantitative estimate of drug-likeness (QED) is 0.844. The molecular formula is C13H16N2O2. The molecule has 0 aliphatic rings. The molecule has 0 saturated heterocycles. The molecule has 0 spiro atoms. The molecule has 0 bridgehead atoms. The van der Waals surface area contributed by atoms with Crippen LogP contribution < -0.4 is 5.73 Å². The summed E-state index contributed by atoms with van der Waals surface area (Å²) >= 11 is 0. The van der Waals surface area contributed by atoms with Gasteiger partial charge in [-0.15, -0.1) is 0 Å². The molecule has 1 unspecified atom stereocenters. The lowest BCUT2D eigenvalue weighted by atomic mass is 10.1. The van der Waals surface area contributed by atoms with Crippen LogP contribution in [0.15, 0.2) is 34.9 Å². The lowest BCUT2D eigenvalue weighted by Crippen LogP contribution is -2.17. The Morgan fingerprint density at radius 2 is 2.18 bits per heavy atom. The minimum absolute atomic E-state index is 0.0564. The van der Waals surface area contributed by atoms with Crippen molar-refractivity contribution in [3.63, 3.8) is 0 Å². The van der Waals surface area contributed by atoms with Gasteiger partial charge in [-0.3, -0.25) is 0 Å². The molecule has 2 rings (SSSR count). The van der Waals surface area contributed by atoms with Crippen LogP contribution in [0, 0.1) is 0 Å². The van der Waals surface area contributed by atoms with E-state index in [0.717, 1.165) is 11.3 Å². The number of hydrogen-bond acceptors (Lipinski definition) is 4. The van der Waals surface area contributed by atoms with Crippen LogP contribution in [0.4, 0.5) is 0 Å². The SMILES string of the molecule is CC(N)Cc1cnc(Cc2ccccc2O)o1. The van der Waals surface area contributed by atoms with E-state index in [-0.39, 0.29) is 11.8 Å². The summed E-state index contributed by atoms with van der Waals surface area (Å²) in [7, 11) is 0. The van der Waals surface area contributed by atoms with E-state index in [0.29, 0.717) is 18.7 Å². The lowest BCUT2D eigenvalue weighted by molar-refractivity contribution is 0.442. The molecule has 90 valence electrons. The molecular weight excluding hydrogens is 216 g/mol. The van der Waals surface area contributed by atoms with Crippen molar-refractivity contribution in [1.29, 1.82) is 0 Å². The summed E-state index contributed by atoms with van der Waals surface area (Å²) in [5.74, 6) is 1.65. The maximum absolute atomic E-state index is 9.63. The largest absolute Gasteiger partial charge is 0.508 e. The molecule has 0 radical (unpaired) electrons. The van der Waals surface area contributed by atoms with Gasteiger partial charge in [-0.1, -0.05) is 18.2 Å². The number of nitrogens with zero attached hydrogens (tertiary/aromatic N) is 1. The number of phenols is 1. The van der Waals surface area contributed by atoms with Gasteiger partial charge in [-0.05, 0) is 13.0 Å². The van der Waals surface area contributed by atoms with Crippen molar-refractivity contribution in [3.8, 4) is 5.75 Å². The molecule has 0 aliphatic heterocycles. The van der Waals surface area contributed by atoms with Gasteiger partial charge in [0.25, 0.3) is 0 Å². The summed E-state index contributed by atoms with van der Waals surface area (Å²) < 4.78 is 5.55. The number of benzene rings is 1. The van der Waals surface area contributed by atoms with Crippen LogP contribution in [0.2, 0.25) is 0 Å². The number of nitrogens with two attached hydrogens (primary N) is 1. The van der Waals surface area contributed by atoms with E-state index in [1.165, 1.54) is 0 Å². The Morgan fingerprint density at radius 3 is 2.88 bits per heavy atom. The number of hydrogen-bond donors (Lipinski definition) is 2. The van der Waals surface area contributed by atoms with Gasteiger partial charge in [0.1, 0.15) is 11.5 Å². The first kappa shape index (κ1) is 11.7. The number of para-hydroxylation sites is 1. The minimum atomic E-state index is 0.0564. The van der Waals surface area contributed by atoms with Crippen molar-refractivity contribution in [2.75, 3.05) is 0 Å². The third-order valence-electron chi connectivity index (χ3n) is 2.46. The Kier molecular flexibility index (Phi) is 3.44. The standard InChI is InChI=1S/C13H16N2O2/c1-9(14)6-11-8-15-13(17-11)7-10-4-2-3-5-12(10)16/h2-5,8-9,16H,6-7,14H2,1H3. The van der Waals surface area contributed by atoms with Crippen LogP contribution in [0.1, 0.15) is 24.1 Å². The number of oxazole rings is 1. The molecule has 0 saturated carbocycles. The van der Waals surface area contributed by atoms with E-state index in [1.54, 1.807) is 18.3 Å². The second-order valence-corrected chi connectivity index (χ2v) is 4.21. The van der Waals surface area contributed by atoms with E-state index in [4.69, 9.17) is 10.2 Å². The van der Waals surface area contributed by atoms with Gasteiger partial charge in [-0.2, -0.15) is 0 Å². The Balaban J connectivity index is 2.09. The third-order valence-corrected chi connectivity index (χ3v) is 2.46. The van der Waals surface area contributed by atoms with Gasteiger partial charge >= 0.3 is 0 Å². The Bertz CT molecular complexity index is 492. The van der Waals surface area contributed by atoms with Gasteiger partial charge < -0.3 is 15.3 Å². The molecule has 0 amide bonds. The summed E-state index contributed by atoms with van der Waals surface area (Å²) in [4.78, 5) is 4.17. The fraction of sp³-hybridized carbons (Fsp3) is 0.308. The topological polar surface area (TPSA) is 72.3 Å². The summed E-state index contributed by atoms with van der Waals surface area (Å²) in [6, 6.07) is 7.23. The van der Waals surface area contributed by atoms with Crippen molar-refractivity contribution >= 4 is 0 Å². The van der Waals surface area contributed by atoms with Crippen LogP contribution in [0.5, 0.6) is 5.75 Å². The van der Waals surface area contributed by atoms with Crippen molar-refractivity contribution in [1.82, 2.24) is 4.98 Å². The number of aromatic nitrogens is 1. The van der Waals surface area contributed by atoms with Crippen molar-refractivity contribution < 1.29 is 9.52 Å². The van der Waals surface area contributed by atoms with Crippen molar-refractivity contribution in [2.45, 2.75) is 25.8 Å². The summed E-state index contributed by atoms with van der Waals surface area (Å²) in [5.41, 5.74) is 6.49. The zero-order valence-corrected chi connectivity index (χ0v) is 9.76. The van der Waals surface area contributed by atoms with Gasteiger partial charge in [0, 0.05) is 18.0 Å². The van der Waals surface area contributed by atoms with Crippen LogP contribution in [0.3, 0.4) is 0 Å². The van der Waals surface area contributed by atoms with E-state index in [9.17, 15) is 5.11 Å². The zero-order chi connectivity index (χ0) is 12.3. The highest BCUT2D eigenvalue weighted by atomic mass is 16.4. The van der Waals surface area contributed by atoms with Crippen molar-refractivity contribution in [2.24, 2.45) is 5.73 Å². The summed E-state index contributed by atoms with van der Waals surface area (Å²) in [6.07, 6.45) is 2.86. The van der Waals surface area contributed by atoms with Gasteiger partial charge in [-0.25, -0.2) is 4.98 Å². The minimum Gasteiger partial charge on any atom is -0.508 e. The van der Waals surface area contributed by atoms with Crippen LogP contribution in [-0.4, -0.2) is 16.1 Å².